The SMILES string of the molecule is CC.c1ccc2c(c1)[nH]c1cc3ccncc3cc12. The van der Waals surface area contributed by atoms with Crippen LogP contribution < -0.4 is 0 Å². The number of nitrogens with one attached hydrogen (secondary N) is 1. The van der Waals surface area contributed by atoms with Crippen molar-refractivity contribution < 1.29 is 0 Å². The fraction of sp³-hybridized carbons (Fsp3) is 0.118. The van der Waals surface area contributed by atoms with Crippen molar-refractivity contribution in [3.8, 4) is 0 Å². The molecule has 0 bridgehead atoms. The molecule has 4 rings (SSSR count). The van der Waals surface area contributed by atoms with Gasteiger partial charge in [0.05, 0.1) is 0 Å². The first-order valence-electron chi connectivity index (χ1n) is 6.66. The molecule has 2 heterocycles. The van der Waals surface area contributed by atoms with Gasteiger partial charge in [0.15, 0.2) is 0 Å². The molecule has 0 spiro atoms. The van der Waals surface area contributed by atoms with E-state index in [-0.39, 0.29) is 0 Å². The molecule has 2 heteroatoms. The molecule has 0 saturated carbocycles. The molecule has 0 amide bonds. The van der Waals surface area contributed by atoms with Crippen LogP contribution in [0.15, 0.2) is 54.9 Å². The van der Waals surface area contributed by atoms with Crippen molar-refractivity contribution in [2.24, 2.45) is 0 Å². The summed E-state index contributed by atoms with van der Waals surface area (Å²) in [7, 11) is 0. The Hall–Kier alpha value is -2.35. The third-order valence-corrected chi connectivity index (χ3v) is 3.26. The van der Waals surface area contributed by atoms with Crippen molar-refractivity contribution in [3.63, 3.8) is 0 Å². The molecular formula is C17H16N2. The summed E-state index contributed by atoms with van der Waals surface area (Å²) in [6.07, 6.45) is 3.74. The fourth-order valence-electron chi connectivity index (χ4n) is 2.43. The number of fused-ring (bicyclic) bond motifs is 4. The van der Waals surface area contributed by atoms with Crippen molar-refractivity contribution in [2.75, 3.05) is 0 Å². The van der Waals surface area contributed by atoms with Crippen molar-refractivity contribution in [3.05, 3.63) is 54.9 Å². The zero-order valence-electron chi connectivity index (χ0n) is 11.1. The van der Waals surface area contributed by atoms with Crippen LogP contribution in [-0.2, 0) is 0 Å². The Labute approximate surface area is 112 Å². The van der Waals surface area contributed by atoms with Gasteiger partial charge >= 0.3 is 0 Å². The van der Waals surface area contributed by atoms with Crippen molar-refractivity contribution in [1.82, 2.24) is 9.97 Å². The highest BCUT2D eigenvalue weighted by Gasteiger charge is 2.04. The third-order valence-electron chi connectivity index (χ3n) is 3.26. The highest BCUT2D eigenvalue weighted by Crippen LogP contribution is 2.28. The van der Waals surface area contributed by atoms with E-state index in [1.54, 1.807) is 0 Å². The topological polar surface area (TPSA) is 28.7 Å². The number of aromatic nitrogens is 2. The number of aromatic amines is 1. The molecule has 2 aromatic carbocycles. The summed E-state index contributed by atoms with van der Waals surface area (Å²) in [6, 6.07) is 14.8. The Kier molecular flexibility index (Phi) is 2.92. The van der Waals surface area contributed by atoms with E-state index in [0.29, 0.717) is 0 Å². The molecule has 0 fully saturated rings. The quantitative estimate of drug-likeness (QED) is 0.471. The molecule has 0 saturated heterocycles. The first-order valence-corrected chi connectivity index (χ1v) is 6.66. The Morgan fingerprint density at radius 3 is 2.58 bits per heavy atom. The molecule has 2 nitrogen and oxygen atoms in total. The number of rotatable bonds is 0. The standard InChI is InChI=1S/C15H10N2.C2H6/c1-2-4-14-12(3-1)13-7-11-9-16-6-5-10(11)8-15(13)17-14;1-2/h1-9,17H;1-2H3. The van der Waals surface area contributed by atoms with Crippen LogP contribution in [0.1, 0.15) is 13.8 Å². The van der Waals surface area contributed by atoms with E-state index in [1.165, 1.54) is 32.6 Å². The summed E-state index contributed by atoms with van der Waals surface area (Å²) < 4.78 is 0. The second-order valence-electron chi connectivity index (χ2n) is 4.29. The molecule has 0 aliphatic heterocycles. The largest absolute Gasteiger partial charge is 0.354 e. The van der Waals surface area contributed by atoms with E-state index >= 15 is 0 Å². The van der Waals surface area contributed by atoms with E-state index in [1.807, 2.05) is 32.3 Å². The predicted molar refractivity (Wildman–Crippen MR) is 82.5 cm³/mol. The Morgan fingerprint density at radius 2 is 1.68 bits per heavy atom. The first kappa shape index (κ1) is 11.7. The van der Waals surface area contributed by atoms with Gasteiger partial charge in [-0.05, 0) is 29.7 Å². The molecule has 1 N–H and O–H groups in total. The van der Waals surface area contributed by atoms with Crippen LogP contribution in [0, 0.1) is 0 Å². The van der Waals surface area contributed by atoms with Gasteiger partial charge in [-0.3, -0.25) is 4.98 Å². The van der Waals surface area contributed by atoms with Crippen molar-refractivity contribution in [1.29, 1.82) is 0 Å². The first-order chi connectivity index (χ1) is 9.42. The zero-order chi connectivity index (χ0) is 13.2. The molecule has 0 aliphatic carbocycles. The average molecular weight is 248 g/mol. The third kappa shape index (κ3) is 1.85. The molecule has 4 aromatic rings. The minimum absolute atomic E-state index is 1.18. The van der Waals surface area contributed by atoms with E-state index < -0.39 is 0 Å². The smallest absolute Gasteiger partial charge is 0.0471 e. The maximum atomic E-state index is 4.17. The molecule has 0 radical (unpaired) electrons. The minimum Gasteiger partial charge on any atom is -0.354 e. The maximum absolute atomic E-state index is 4.17. The molecular weight excluding hydrogens is 232 g/mol. The summed E-state index contributed by atoms with van der Waals surface area (Å²) in [4.78, 5) is 7.62. The van der Waals surface area contributed by atoms with Gasteiger partial charge in [0, 0.05) is 39.6 Å². The highest BCUT2D eigenvalue weighted by atomic mass is 14.7. The average Bonchev–Trinajstić information content (AvgIpc) is 2.84. The highest BCUT2D eigenvalue weighted by molar-refractivity contribution is 6.11. The second kappa shape index (κ2) is 4.73. The van der Waals surface area contributed by atoms with Gasteiger partial charge in [-0.25, -0.2) is 0 Å². The van der Waals surface area contributed by atoms with Gasteiger partial charge < -0.3 is 4.98 Å². The van der Waals surface area contributed by atoms with Gasteiger partial charge in [0.25, 0.3) is 0 Å². The molecule has 0 aliphatic rings. The van der Waals surface area contributed by atoms with Gasteiger partial charge in [0.2, 0.25) is 0 Å². The number of para-hydroxylation sites is 1. The molecule has 2 aromatic heterocycles. The lowest BCUT2D eigenvalue weighted by Crippen LogP contribution is -1.75. The number of benzene rings is 2. The van der Waals surface area contributed by atoms with Gasteiger partial charge in [0.1, 0.15) is 0 Å². The molecule has 0 unspecified atom stereocenters. The van der Waals surface area contributed by atoms with E-state index in [0.717, 1.165) is 0 Å². The number of pyridine rings is 1. The normalized spacial score (nSPS) is 10.6. The fourth-order valence-corrected chi connectivity index (χ4v) is 2.43. The number of hydrogen-bond donors (Lipinski definition) is 1. The van der Waals surface area contributed by atoms with Crippen LogP contribution in [0.4, 0.5) is 0 Å². The van der Waals surface area contributed by atoms with Crippen LogP contribution in [0.3, 0.4) is 0 Å². The Morgan fingerprint density at radius 1 is 0.842 bits per heavy atom. The minimum atomic E-state index is 1.18. The number of H-pyrrole nitrogens is 1. The predicted octanol–water partition coefficient (Wildman–Crippen LogP) is 4.90. The molecule has 19 heavy (non-hydrogen) atoms. The van der Waals surface area contributed by atoms with Crippen LogP contribution >= 0.6 is 0 Å². The summed E-state index contributed by atoms with van der Waals surface area (Å²) in [5.74, 6) is 0. The summed E-state index contributed by atoms with van der Waals surface area (Å²) in [5.41, 5.74) is 2.37. The molecule has 94 valence electrons. The van der Waals surface area contributed by atoms with Crippen LogP contribution in [0.25, 0.3) is 32.6 Å². The molecule has 0 atom stereocenters. The Bertz CT molecular complexity index is 837. The summed E-state index contributed by atoms with van der Waals surface area (Å²) in [5, 5.41) is 4.94. The van der Waals surface area contributed by atoms with Gasteiger partial charge in [-0.2, -0.15) is 0 Å². The lowest BCUT2D eigenvalue weighted by Gasteiger charge is -1.97. The van der Waals surface area contributed by atoms with Gasteiger partial charge in [-0.1, -0.05) is 32.0 Å². The maximum Gasteiger partial charge on any atom is 0.0471 e. The zero-order valence-corrected chi connectivity index (χ0v) is 11.1. The second-order valence-corrected chi connectivity index (χ2v) is 4.29. The van der Waals surface area contributed by atoms with Gasteiger partial charge in [-0.15, -0.1) is 0 Å². The van der Waals surface area contributed by atoms with Crippen LogP contribution in [-0.4, -0.2) is 9.97 Å². The van der Waals surface area contributed by atoms with E-state index in [9.17, 15) is 0 Å². The van der Waals surface area contributed by atoms with Crippen LogP contribution in [0.2, 0.25) is 0 Å². The summed E-state index contributed by atoms with van der Waals surface area (Å²) in [6.45, 7) is 4.00. The van der Waals surface area contributed by atoms with Crippen LogP contribution in [0.5, 0.6) is 0 Å². The van der Waals surface area contributed by atoms with E-state index in [4.69, 9.17) is 0 Å². The van der Waals surface area contributed by atoms with Crippen molar-refractivity contribution in [2.45, 2.75) is 13.8 Å². The Balaban J connectivity index is 0.000000528. The van der Waals surface area contributed by atoms with Crippen molar-refractivity contribution >= 4 is 32.6 Å². The number of nitrogens with zero attached hydrogens (tertiary/aromatic N) is 1. The summed E-state index contributed by atoms with van der Waals surface area (Å²) >= 11 is 0. The lowest BCUT2D eigenvalue weighted by atomic mass is 10.1. The van der Waals surface area contributed by atoms with E-state index in [2.05, 4.69) is 46.4 Å². The number of hydrogen-bond acceptors (Lipinski definition) is 1. The lowest BCUT2D eigenvalue weighted by molar-refractivity contribution is 1.37. The monoisotopic (exact) mass is 248 g/mol.